The molecule has 0 unspecified atom stereocenters. The first-order valence-electron chi connectivity index (χ1n) is 5.25. The zero-order valence-corrected chi connectivity index (χ0v) is 11.4. The van der Waals surface area contributed by atoms with Crippen LogP contribution in [0.25, 0.3) is 0 Å². The van der Waals surface area contributed by atoms with Gasteiger partial charge in [-0.05, 0) is 18.2 Å². The summed E-state index contributed by atoms with van der Waals surface area (Å²) in [7, 11) is -6.83. The van der Waals surface area contributed by atoms with Crippen LogP contribution in [0.2, 0.25) is 0 Å². The SMILES string of the molecule is CS(=O)(=O)N(c1ccccc1)[C@@H]1C=CS(=O)(=O)C1. The summed E-state index contributed by atoms with van der Waals surface area (Å²) >= 11 is 0. The molecule has 98 valence electrons. The molecule has 7 heteroatoms. The Bertz CT molecular complexity index is 662. The molecule has 1 atom stereocenters. The summed E-state index contributed by atoms with van der Waals surface area (Å²) in [6.45, 7) is 0. The number of hydrogen-bond donors (Lipinski definition) is 0. The highest BCUT2D eigenvalue weighted by molar-refractivity contribution is 7.95. The molecule has 1 aromatic rings. The zero-order valence-electron chi connectivity index (χ0n) is 9.72. The van der Waals surface area contributed by atoms with Crippen LogP contribution < -0.4 is 4.31 Å². The Morgan fingerprint density at radius 2 is 1.83 bits per heavy atom. The summed E-state index contributed by atoms with van der Waals surface area (Å²) in [5.74, 6) is -0.213. The Kier molecular flexibility index (Phi) is 3.20. The third-order valence-electron chi connectivity index (χ3n) is 2.58. The van der Waals surface area contributed by atoms with Crippen LogP contribution in [-0.4, -0.2) is 34.9 Å². The molecular formula is C11H13NO4S2. The van der Waals surface area contributed by atoms with E-state index in [0.29, 0.717) is 5.69 Å². The molecule has 0 radical (unpaired) electrons. The molecule has 0 N–H and O–H groups in total. The number of sulfonamides is 1. The van der Waals surface area contributed by atoms with Gasteiger partial charge in [0.1, 0.15) is 0 Å². The largest absolute Gasteiger partial charge is 0.263 e. The summed E-state index contributed by atoms with van der Waals surface area (Å²) in [6.07, 6.45) is 2.47. The third-order valence-corrected chi connectivity index (χ3v) is 5.15. The lowest BCUT2D eigenvalue weighted by atomic mass is 10.2. The minimum atomic E-state index is -3.53. The molecule has 1 aromatic carbocycles. The van der Waals surface area contributed by atoms with Crippen LogP contribution in [0, 0.1) is 0 Å². The smallest absolute Gasteiger partial charge is 0.232 e. The standard InChI is InChI=1S/C11H13NO4S2/c1-17(13,14)12(10-5-3-2-4-6-10)11-7-8-18(15,16)9-11/h2-8,11H,9H2,1H3/t11-/m1/s1. The Hall–Kier alpha value is -1.34. The number of benzene rings is 1. The highest BCUT2D eigenvalue weighted by Gasteiger charge is 2.32. The van der Waals surface area contributed by atoms with Crippen molar-refractivity contribution < 1.29 is 16.8 Å². The van der Waals surface area contributed by atoms with Crippen molar-refractivity contribution in [2.75, 3.05) is 16.3 Å². The fourth-order valence-corrected chi connectivity index (χ4v) is 4.41. The van der Waals surface area contributed by atoms with Gasteiger partial charge in [0.15, 0.2) is 9.84 Å². The fraction of sp³-hybridized carbons (Fsp3) is 0.273. The van der Waals surface area contributed by atoms with Crippen LogP contribution in [0.3, 0.4) is 0 Å². The van der Waals surface area contributed by atoms with Crippen LogP contribution in [0.5, 0.6) is 0 Å². The lowest BCUT2D eigenvalue weighted by molar-refractivity contribution is 0.591. The van der Waals surface area contributed by atoms with E-state index < -0.39 is 25.9 Å². The van der Waals surface area contributed by atoms with E-state index in [-0.39, 0.29) is 5.75 Å². The molecular weight excluding hydrogens is 274 g/mol. The first-order valence-corrected chi connectivity index (χ1v) is 8.81. The van der Waals surface area contributed by atoms with E-state index in [1.165, 1.54) is 6.08 Å². The van der Waals surface area contributed by atoms with Crippen molar-refractivity contribution >= 4 is 25.5 Å². The number of nitrogens with zero attached hydrogens (tertiary/aromatic N) is 1. The predicted molar refractivity (Wildman–Crippen MR) is 70.5 cm³/mol. The number of hydrogen-bond acceptors (Lipinski definition) is 4. The lowest BCUT2D eigenvalue weighted by Crippen LogP contribution is -2.40. The third kappa shape index (κ3) is 2.73. The summed E-state index contributed by atoms with van der Waals surface area (Å²) in [5.41, 5.74) is 0.465. The number of sulfone groups is 1. The van der Waals surface area contributed by atoms with Gasteiger partial charge in [-0.15, -0.1) is 0 Å². The number of para-hydroxylation sites is 1. The van der Waals surface area contributed by atoms with E-state index in [1.807, 2.05) is 0 Å². The van der Waals surface area contributed by atoms with Crippen molar-refractivity contribution in [3.05, 3.63) is 41.8 Å². The molecule has 0 fully saturated rings. The van der Waals surface area contributed by atoms with Gasteiger partial charge in [0.25, 0.3) is 0 Å². The van der Waals surface area contributed by atoms with Gasteiger partial charge in [-0.1, -0.05) is 18.2 Å². The predicted octanol–water partition coefficient (Wildman–Crippen LogP) is 0.763. The molecule has 1 aliphatic heterocycles. The van der Waals surface area contributed by atoms with Gasteiger partial charge in [-0.2, -0.15) is 0 Å². The minimum Gasteiger partial charge on any atom is -0.263 e. The molecule has 5 nitrogen and oxygen atoms in total. The van der Waals surface area contributed by atoms with E-state index in [4.69, 9.17) is 0 Å². The summed E-state index contributed by atoms with van der Waals surface area (Å²) in [4.78, 5) is 0. The second-order valence-electron chi connectivity index (χ2n) is 4.12. The molecule has 0 aliphatic carbocycles. The van der Waals surface area contributed by atoms with Crippen molar-refractivity contribution in [1.82, 2.24) is 0 Å². The van der Waals surface area contributed by atoms with Gasteiger partial charge >= 0.3 is 0 Å². The normalized spacial score (nSPS) is 21.9. The fourth-order valence-electron chi connectivity index (χ4n) is 1.91. The van der Waals surface area contributed by atoms with Crippen molar-refractivity contribution in [3.8, 4) is 0 Å². The van der Waals surface area contributed by atoms with Crippen LogP contribution in [0.15, 0.2) is 41.8 Å². The Morgan fingerprint density at radius 3 is 2.28 bits per heavy atom. The lowest BCUT2D eigenvalue weighted by Gasteiger charge is -2.27. The van der Waals surface area contributed by atoms with E-state index >= 15 is 0 Å². The summed E-state index contributed by atoms with van der Waals surface area (Å²) in [6, 6.07) is 7.79. The van der Waals surface area contributed by atoms with Crippen molar-refractivity contribution in [3.63, 3.8) is 0 Å². The van der Waals surface area contributed by atoms with Crippen molar-refractivity contribution in [2.45, 2.75) is 6.04 Å². The monoisotopic (exact) mass is 287 g/mol. The minimum absolute atomic E-state index is 0.213. The van der Waals surface area contributed by atoms with Crippen LogP contribution in [0.4, 0.5) is 5.69 Å². The topological polar surface area (TPSA) is 71.5 Å². The van der Waals surface area contributed by atoms with Crippen LogP contribution in [-0.2, 0) is 19.9 Å². The first kappa shape index (κ1) is 13.1. The molecule has 0 bridgehead atoms. The average Bonchev–Trinajstić information content (AvgIpc) is 2.58. The Morgan fingerprint density at radius 1 is 1.22 bits per heavy atom. The van der Waals surface area contributed by atoms with Crippen LogP contribution in [0.1, 0.15) is 0 Å². The van der Waals surface area contributed by atoms with Gasteiger partial charge < -0.3 is 0 Å². The average molecular weight is 287 g/mol. The van der Waals surface area contributed by atoms with Crippen LogP contribution >= 0.6 is 0 Å². The van der Waals surface area contributed by atoms with Gasteiger partial charge in [0, 0.05) is 5.41 Å². The molecule has 1 aliphatic rings. The van der Waals surface area contributed by atoms with Gasteiger partial charge in [-0.25, -0.2) is 16.8 Å². The highest BCUT2D eigenvalue weighted by Crippen LogP contribution is 2.24. The van der Waals surface area contributed by atoms with Crippen molar-refractivity contribution in [2.24, 2.45) is 0 Å². The van der Waals surface area contributed by atoms with E-state index in [1.54, 1.807) is 30.3 Å². The van der Waals surface area contributed by atoms with E-state index in [0.717, 1.165) is 16.0 Å². The van der Waals surface area contributed by atoms with Crippen molar-refractivity contribution in [1.29, 1.82) is 0 Å². The van der Waals surface area contributed by atoms with E-state index in [9.17, 15) is 16.8 Å². The van der Waals surface area contributed by atoms with Gasteiger partial charge in [0.05, 0.1) is 23.7 Å². The molecule has 18 heavy (non-hydrogen) atoms. The molecule has 0 saturated carbocycles. The number of anilines is 1. The highest BCUT2D eigenvalue weighted by atomic mass is 32.2. The Labute approximate surface area is 107 Å². The second kappa shape index (κ2) is 4.40. The Balaban J connectivity index is 2.44. The molecule has 0 amide bonds. The molecule has 1 heterocycles. The van der Waals surface area contributed by atoms with Gasteiger partial charge in [-0.3, -0.25) is 4.31 Å². The maximum atomic E-state index is 11.8. The molecule has 0 aromatic heterocycles. The first-order chi connectivity index (χ1) is 8.30. The number of rotatable bonds is 3. The zero-order chi connectivity index (χ0) is 13.4. The molecule has 0 saturated heterocycles. The maximum absolute atomic E-state index is 11.8. The summed E-state index contributed by atoms with van der Waals surface area (Å²) in [5, 5.41) is 1.07. The van der Waals surface area contributed by atoms with Gasteiger partial charge in [0.2, 0.25) is 10.0 Å². The quantitative estimate of drug-likeness (QED) is 0.823. The molecule has 2 rings (SSSR count). The molecule has 0 spiro atoms. The van der Waals surface area contributed by atoms with E-state index in [2.05, 4.69) is 0 Å². The summed E-state index contributed by atoms with van der Waals surface area (Å²) < 4.78 is 47.6. The second-order valence-corrected chi connectivity index (χ2v) is 7.91. The maximum Gasteiger partial charge on any atom is 0.232 e.